The van der Waals surface area contributed by atoms with E-state index in [0.29, 0.717) is 129 Å². The van der Waals surface area contributed by atoms with E-state index < -0.39 is 0 Å². The molecule has 444 valence electrons. The number of fused-ring (bicyclic) bond motifs is 2. The minimum absolute atomic E-state index is 0.0144. The number of nitrogens with zero attached hydrogens (tertiary/aromatic N) is 5. The van der Waals surface area contributed by atoms with Crippen LogP contribution in [0.1, 0.15) is 106 Å². The van der Waals surface area contributed by atoms with E-state index in [1.54, 1.807) is 35.6 Å². The van der Waals surface area contributed by atoms with Gasteiger partial charge in [-0.05, 0) is 80.3 Å². The standard InChI is InChI=1S/C61H82N8O11S2/c70-47(9-3-4-32-77-36-38-80-39-37-78-33-7-25-62-55(74)14-2-1-13-54-57-53(43-81-54)64-61(76)65-57)10-6-11-48(71)21-19-44-15-17-45(18-16-44)20-22-49(72)23-24-56(75)68-28-26-67(27-29-68)42-51-41-52-58(82-51)60(69-30-34-79-35-31-69)66-59(63-52)46-8-5-12-50(73)40-46/h5,8,12,15-18,20,22,40-41,53-54,57,73H,1-4,6-7,9-11,13-14,19,21,23-39,42-43H2,(H,62,74)(H2,64,65,76)/b22-20+/t53-,54-,57-/m0/s1. The fourth-order valence-corrected chi connectivity index (χ4v) is 13.2. The molecule has 0 radical (unpaired) electrons. The van der Waals surface area contributed by atoms with E-state index in [0.717, 1.165) is 110 Å². The Balaban J connectivity index is 0.587. The second-order valence-electron chi connectivity index (χ2n) is 21.4. The molecule has 4 saturated heterocycles. The monoisotopic (exact) mass is 1170 g/mol. The Morgan fingerprint density at radius 1 is 0.744 bits per heavy atom. The number of phenols is 1. The quantitative estimate of drug-likeness (QED) is 0.0199. The average Bonchev–Trinajstić information content (AvgIpc) is 4.18. The van der Waals surface area contributed by atoms with Gasteiger partial charge in [0, 0.05) is 132 Å². The molecule has 82 heavy (non-hydrogen) atoms. The van der Waals surface area contributed by atoms with E-state index in [1.807, 2.05) is 47.0 Å². The number of nitrogens with one attached hydrogen (secondary N) is 3. The van der Waals surface area contributed by atoms with Gasteiger partial charge in [-0.2, -0.15) is 11.8 Å². The Bertz CT molecular complexity index is 2750. The van der Waals surface area contributed by atoms with E-state index in [4.69, 9.17) is 28.9 Å². The molecule has 6 heterocycles. The molecule has 3 atom stereocenters. The van der Waals surface area contributed by atoms with Crippen molar-refractivity contribution >= 4 is 80.4 Å². The minimum atomic E-state index is -0.105. The number of morpholine rings is 1. The molecule has 0 aliphatic carbocycles. The molecule has 4 N–H and O–H groups in total. The number of anilines is 1. The van der Waals surface area contributed by atoms with E-state index in [-0.39, 0.29) is 65.9 Å². The van der Waals surface area contributed by atoms with Crippen LogP contribution in [-0.4, -0.2) is 182 Å². The summed E-state index contributed by atoms with van der Waals surface area (Å²) in [6, 6.07) is 17.3. The first-order valence-electron chi connectivity index (χ1n) is 29.5. The predicted octanol–water partition coefficient (Wildman–Crippen LogP) is 7.30. The fourth-order valence-electron chi connectivity index (χ4n) is 10.5. The highest BCUT2D eigenvalue weighted by Gasteiger charge is 2.42. The van der Waals surface area contributed by atoms with Gasteiger partial charge in [-0.3, -0.25) is 28.9 Å². The summed E-state index contributed by atoms with van der Waals surface area (Å²) in [4.78, 5) is 92.2. The Labute approximate surface area is 490 Å². The number of thiophene rings is 1. The highest BCUT2D eigenvalue weighted by molar-refractivity contribution is 8.00. The van der Waals surface area contributed by atoms with E-state index in [2.05, 4.69) is 31.8 Å². The highest BCUT2D eigenvalue weighted by Crippen LogP contribution is 2.36. The fraction of sp³-hybridized carbons (Fsp3) is 0.574. The Morgan fingerprint density at radius 3 is 2.23 bits per heavy atom. The summed E-state index contributed by atoms with van der Waals surface area (Å²) < 4.78 is 23.5. The number of Topliss-reactive ketones (excluding diaryl/α,β-unsaturated/α-hetero) is 2. The summed E-state index contributed by atoms with van der Waals surface area (Å²) in [6.07, 6.45) is 12.1. The number of hydrogen-bond acceptors (Lipinski definition) is 17. The van der Waals surface area contributed by atoms with E-state index >= 15 is 0 Å². The lowest BCUT2D eigenvalue weighted by molar-refractivity contribution is -0.134. The summed E-state index contributed by atoms with van der Waals surface area (Å²) >= 11 is 3.60. The molecule has 4 aliphatic heterocycles. The third-order valence-electron chi connectivity index (χ3n) is 15.2. The summed E-state index contributed by atoms with van der Waals surface area (Å²) in [5.41, 5.74) is 3.52. The van der Waals surface area contributed by atoms with Crippen molar-refractivity contribution in [2.75, 3.05) is 109 Å². The summed E-state index contributed by atoms with van der Waals surface area (Å²) in [6.45, 7) is 9.73. The van der Waals surface area contributed by atoms with Crippen LogP contribution in [0, 0.1) is 0 Å². The SMILES string of the molecule is O=C(/C=C/c1ccc(CCC(=O)CCCC(=O)CCCCOCCOCCOCCCNC(=O)CCCC[C@@H]2SC[C@@H]3NC(=O)N[C@@H]32)cc1)CCC(=O)N1CCN(Cc2cc3nc(-c4cccc(O)c4)nc(N4CCOCC4)c3s2)CC1. The summed E-state index contributed by atoms with van der Waals surface area (Å²) in [5.74, 6) is 2.83. The lowest BCUT2D eigenvalue weighted by atomic mass is 10.0. The number of carbonyl (C=O) groups excluding carboxylic acids is 6. The zero-order valence-electron chi connectivity index (χ0n) is 47.3. The van der Waals surface area contributed by atoms with Crippen LogP contribution in [0.15, 0.2) is 60.7 Å². The van der Waals surface area contributed by atoms with Crippen molar-refractivity contribution in [3.8, 4) is 17.1 Å². The van der Waals surface area contributed by atoms with Crippen molar-refractivity contribution in [1.82, 2.24) is 35.7 Å². The lowest BCUT2D eigenvalue weighted by Gasteiger charge is -2.34. The van der Waals surface area contributed by atoms with Gasteiger partial charge in [0.05, 0.1) is 61.9 Å². The first-order chi connectivity index (χ1) is 40.0. The topological polar surface area (TPSA) is 231 Å². The molecule has 0 spiro atoms. The van der Waals surface area contributed by atoms with Gasteiger partial charge in [-0.1, -0.05) is 48.9 Å². The average molecular weight is 1170 g/mol. The Kier molecular flexibility index (Phi) is 25.4. The zero-order valence-corrected chi connectivity index (χ0v) is 48.9. The molecule has 4 amide bonds. The number of unbranched alkanes of at least 4 members (excludes halogenated alkanes) is 2. The smallest absolute Gasteiger partial charge is 0.315 e. The number of aryl methyl sites for hydroxylation is 1. The molecule has 21 heteroatoms. The summed E-state index contributed by atoms with van der Waals surface area (Å²) in [7, 11) is 0. The van der Waals surface area contributed by atoms with Crippen molar-refractivity contribution in [1.29, 1.82) is 0 Å². The number of allylic oxidation sites excluding steroid dienone is 1. The highest BCUT2D eigenvalue weighted by atomic mass is 32.2. The van der Waals surface area contributed by atoms with Gasteiger partial charge in [0.1, 0.15) is 17.3 Å². The van der Waals surface area contributed by atoms with Crippen LogP contribution in [-0.2, 0) is 55.9 Å². The molecular weight excluding hydrogens is 1080 g/mol. The minimum Gasteiger partial charge on any atom is -0.508 e. The van der Waals surface area contributed by atoms with Crippen LogP contribution >= 0.6 is 23.1 Å². The largest absolute Gasteiger partial charge is 0.508 e. The lowest BCUT2D eigenvalue weighted by Crippen LogP contribution is -2.48. The molecule has 0 bridgehead atoms. The molecule has 8 rings (SSSR count). The molecule has 2 aromatic carbocycles. The molecule has 4 fully saturated rings. The number of rotatable bonds is 36. The number of amides is 4. The maximum atomic E-state index is 13.2. The number of aromatic hydroxyl groups is 1. The maximum Gasteiger partial charge on any atom is 0.315 e. The number of phenolic OH excluding ortho intramolecular Hbond substituents is 1. The number of urea groups is 1. The molecule has 4 aromatic rings. The van der Waals surface area contributed by atoms with Gasteiger partial charge >= 0.3 is 6.03 Å². The predicted molar refractivity (Wildman–Crippen MR) is 319 cm³/mol. The van der Waals surface area contributed by atoms with E-state index in [1.165, 1.54) is 11.0 Å². The third kappa shape index (κ3) is 20.5. The number of benzene rings is 2. The molecule has 0 saturated carbocycles. The van der Waals surface area contributed by atoms with Crippen LogP contribution in [0.5, 0.6) is 5.75 Å². The van der Waals surface area contributed by atoms with Gasteiger partial charge in [0.25, 0.3) is 0 Å². The van der Waals surface area contributed by atoms with Crippen molar-refractivity contribution in [3.05, 3.63) is 76.7 Å². The Morgan fingerprint density at radius 2 is 1.46 bits per heavy atom. The number of ketones is 3. The van der Waals surface area contributed by atoms with Gasteiger partial charge in [-0.15, -0.1) is 11.3 Å². The van der Waals surface area contributed by atoms with Crippen LogP contribution in [0.4, 0.5) is 10.6 Å². The number of carbonyl (C=O) groups is 6. The molecular formula is C61H82N8O11S2. The van der Waals surface area contributed by atoms with Crippen molar-refractivity contribution in [2.45, 2.75) is 120 Å². The second kappa shape index (κ2) is 33.5. The summed E-state index contributed by atoms with van der Waals surface area (Å²) in [5, 5.41) is 19.5. The van der Waals surface area contributed by atoms with E-state index in [9.17, 15) is 33.9 Å². The van der Waals surface area contributed by atoms with Gasteiger partial charge in [-0.25, -0.2) is 14.8 Å². The molecule has 4 aliphatic rings. The number of hydrogen-bond donors (Lipinski definition) is 4. The first-order valence-corrected chi connectivity index (χ1v) is 31.3. The van der Waals surface area contributed by atoms with Gasteiger partial charge < -0.3 is 49.8 Å². The number of aromatic nitrogens is 2. The number of thioether (sulfide) groups is 1. The van der Waals surface area contributed by atoms with Crippen LogP contribution in [0.2, 0.25) is 0 Å². The number of ether oxygens (including phenoxy) is 4. The van der Waals surface area contributed by atoms with Gasteiger partial charge in [0.15, 0.2) is 17.4 Å². The van der Waals surface area contributed by atoms with Crippen LogP contribution in [0.25, 0.3) is 27.7 Å². The molecule has 2 aromatic heterocycles. The van der Waals surface area contributed by atoms with Gasteiger partial charge in [0.2, 0.25) is 11.8 Å². The number of piperazine rings is 1. The van der Waals surface area contributed by atoms with Crippen LogP contribution in [0.3, 0.4) is 0 Å². The first kappa shape index (κ1) is 62.2. The van der Waals surface area contributed by atoms with Crippen LogP contribution < -0.4 is 20.9 Å². The van der Waals surface area contributed by atoms with Crippen molar-refractivity contribution < 1.29 is 52.8 Å². The third-order valence-corrected chi connectivity index (χ3v) is 17.8. The van der Waals surface area contributed by atoms with Crippen molar-refractivity contribution in [2.24, 2.45) is 0 Å². The van der Waals surface area contributed by atoms with Crippen molar-refractivity contribution in [3.63, 3.8) is 0 Å². The maximum absolute atomic E-state index is 13.2. The zero-order chi connectivity index (χ0) is 57.3. The Hall–Kier alpha value is -5.81. The molecule has 19 nitrogen and oxygen atoms in total. The normalized spacial score (nSPS) is 18.2. The second-order valence-corrected chi connectivity index (χ2v) is 23.9. The molecule has 0 unspecified atom stereocenters.